The van der Waals surface area contributed by atoms with E-state index in [2.05, 4.69) is 6.92 Å². The molecule has 1 unspecified atom stereocenters. The Hall–Kier alpha value is -2.10. The van der Waals surface area contributed by atoms with E-state index >= 15 is 0 Å². The highest BCUT2D eigenvalue weighted by atomic mass is 16.6. The van der Waals surface area contributed by atoms with Crippen molar-refractivity contribution in [3.05, 3.63) is 48.0 Å². The number of hydrogen-bond acceptors (Lipinski definition) is 3. The van der Waals surface area contributed by atoms with Gasteiger partial charge in [-0.25, -0.2) is 4.79 Å². The maximum absolute atomic E-state index is 12.3. The van der Waals surface area contributed by atoms with Crippen LogP contribution < -0.4 is 0 Å². The first-order valence-electron chi connectivity index (χ1n) is 8.87. The fourth-order valence-corrected chi connectivity index (χ4v) is 2.91. The molecule has 2 rings (SSSR count). The molecule has 1 aromatic carbocycles. The molecule has 0 radical (unpaired) electrons. The SMILES string of the molecule is CCCCC(=O)/C=C/CC1CCCN1C(=O)OCc1ccccc1. The third-order valence-corrected chi connectivity index (χ3v) is 4.31. The molecule has 1 atom stereocenters. The van der Waals surface area contributed by atoms with Gasteiger partial charge in [0.2, 0.25) is 0 Å². The monoisotopic (exact) mass is 329 g/mol. The van der Waals surface area contributed by atoms with Crippen molar-refractivity contribution in [1.29, 1.82) is 0 Å². The lowest BCUT2D eigenvalue weighted by Gasteiger charge is -2.23. The van der Waals surface area contributed by atoms with Crippen LogP contribution in [0.15, 0.2) is 42.5 Å². The predicted molar refractivity (Wildman–Crippen MR) is 94.6 cm³/mol. The van der Waals surface area contributed by atoms with Crippen LogP contribution in [0.1, 0.15) is 51.0 Å². The lowest BCUT2D eigenvalue weighted by Crippen LogP contribution is -2.35. The van der Waals surface area contributed by atoms with Gasteiger partial charge >= 0.3 is 6.09 Å². The van der Waals surface area contributed by atoms with Crippen LogP contribution >= 0.6 is 0 Å². The Bertz CT molecular complexity index is 553. The van der Waals surface area contributed by atoms with Gasteiger partial charge in [0.15, 0.2) is 5.78 Å². The van der Waals surface area contributed by atoms with Crippen LogP contribution in [0.5, 0.6) is 0 Å². The second-order valence-corrected chi connectivity index (χ2v) is 6.24. The zero-order chi connectivity index (χ0) is 17.2. The fraction of sp³-hybridized carbons (Fsp3) is 0.500. The van der Waals surface area contributed by atoms with Crippen molar-refractivity contribution >= 4 is 11.9 Å². The molecule has 130 valence electrons. The first kappa shape index (κ1) is 18.2. The largest absolute Gasteiger partial charge is 0.445 e. The van der Waals surface area contributed by atoms with Gasteiger partial charge in [0, 0.05) is 19.0 Å². The number of nitrogens with zero attached hydrogens (tertiary/aromatic N) is 1. The van der Waals surface area contributed by atoms with E-state index in [-0.39, 0.29) is 17.9 Å². The number of carbonyl (C=O) groups is 2. The van der Waals surface area contributed by atoms with E-state index in [4.69, 9.17) is 4.74 Å². The van der Waals surface area contributed by atoms with Crippen molar-refractivity contribution < 1.29 is 14.3 Å². The highest BCUT2D eigenvalue weighted by Gasteiger charge is 2.28. The van der Waals surface area contributed by atoms with Crippen molar-refractivity contribution in [1.82, 2.24) is 4.90 Å². The number of hydrogen-bond donors (Lipinski definition) is 0. The normalized spacial score (nSPS) is 17.4. The summed E-state index contributed by atoms with van der Waals surface area (Å²) >= 11 is 0. The Balaban J connectivity index is 1.78. The van der Waals surface area contributed by atoms with Crippen LogP contribution in [0.25, 0.3) is 0 Å². The molecule has 1 fully saturated rings. The van der Waals surface area contributed by atoms with Crippen LogP contribution in [0.4, 0.5) is 4.79 Å². The van der Waals surface area contributed by atoms with Crippen LogP contribution in [-0.2, 0) is 16.1 Å². The lowest BCUT2D eigenvalue weighted by atomic mass is 10.1. The Kier molecular flexibility index (Phi) is 7.53. The predicted octanol–water partition coefficient (Wildman–Crippen LogP) is 4.49. The van der Waals surface area contributed by atoms with Crippen LogP contribution in [0.3, 0.4) is 0 Å². The maximum atomic E-state index is 12.3. The standard InChI is InChI=1S/C20H27NO3/c1-2-3-13-19(22)14-7-11-18-12-8-15-21(18)20(23)24-16-17-9-5-4-6-10-17/h4-7,9-10,14,18H,2-3,8,11-13,15-16H2,1H3/b14-7+. The van der Waals surface area contributed by atoms with Crippen LogP contribution in [-0.4, -0.2) is 29.4 Å². The third kappa shape index (κ3) is 5.84. The molecule has 0 saturated carbocycles. The van der Waals surface area contributed by atoms with E-state index in [1.807, 2.05) is 36.4 Å². The molecule has 1 aliphatic rings. The summed E-state index contributed by atoms with van der Waals surface area (Å²) in [6.45, 7) is 3.11. The van der Waals surface area contributed by atoms with Crippen LogP contribution in [0.2, 0.25) is 0 Å². The van der Waals surface area contributed by atoms with E-state index in [1.54, 1.807) is 11.0 Å². The van der Waals surface area contributed by atoms with Gasteiger partial charge in [0.25, 0.3) is 0 Å². The summed E-state index contributed by atoms with van der Waals surface area (Å²) in [6, 6.07) is 9.84. The molecular weight excluding hydrogens is 302 g/mol. The first-order valence-corrected chi connectivity index (χ1v) is 8.87. The molecule has 1 heterocycles. The summed E-state index contributed by atoms with van der Waals surface area (Å²) < 4.78 is 5.42. The smallest absolute Gasteiger partial charge is 0.410 e. The number of rotatable bonds is 8. The van der Waals surface area contributed by atoms with Gasteiger partial charge < -0.3 is 9.64 Å². The van der Waals surface area contributed by atoms with E-state index in [0.717, 1.165) is 44.2 Å². The summed E-state index contributed by atoms with van der Waals surface area (Å²) in [5.74, 6) is 0.174. The van der Waals surface area contributed by atoms with Crippen molar-refractivity contribution in [3.8, 4) is 0 Å². The minimum atomic E-state index is -0.257. The number of ether oxygens (including phenoxy) is 1. The summed E-state index contributed by atoms with van der Waals surface area (Å²) in [7, 11) is 0. The number of ketones is 1. The summed E-state index contributed by atoms with van der Waals surface area (Å²) in [5.41, 5.74) is 0.989. The van der Waals surface area contributed by atoms with E-state index in [0.29, 0.717) is 13.0 Å². The summed E-state index contributed by atoms with van der Waals surface area (Å²) in [6.07, 6.45) is 8.57. The Morgan fingerprint density at radius 3 is 2.83 bits per heavy atom. The van der Waals surface area contributed by atoms with Crippen LogP contribution in [0, 0.1) is 0 Å². The topological polar surface area (TPSA) is 46.6 Å². The van der Waals surface area contributed by atoms with Gasteiger partial charge in [-0.15, -0.1) is 0 Å². The molecule has 1 aliphatic heterocycles. The third-order valence-electron chi connectivity index (χ3n) is 4.31. The second kappa shape index (κ2) is 9.91. The molecule has 0 spiro atoms. The highest BCUT2D eigenvalue weighted by molar-refractivity contribution is 5.89. The van der Waals surface area contributed by atoms with Gasteiger partial charge in [0.05, 0.1) is 0 Å². The number of unbranched alkanes of at least 4 members (excludes halogenated alkanes) is 1. The summed E-state index contributed by atoms with van der Waals surface area (Å²) in [5, 5.41) is 0. The molecule has 0 N–H and O–H groups in total. The van der Waals surface area contributed by atoms with E-state index < -0.39 is 0 Å². The Morgan fingerprint density at radius 2 is 2.08 bits per heavy atom. The first-order chi connectivity index (χ1) is 11.7. The molecule has 4 nitrogen and oxygen atoms in total. The van der Waals surface area contributed by atoms with Gasteiger partial charge in [-0.3, -0.25) is 4.79 Å². The highest BCUT2D eigenvalue weighted by Crippen LogP contribution is 2.22. The quantitative estimate of drug-likeness (QED) is 0.660. The van der Waals surface area contributed by atoms with Crippen molar-refractivity contribution in [2.75, 3.05) is 6.54 Å². The molecule has 1 saturated heterocycles. The van der Waals surface area contributed by atoms with Crippen molar-refractivity contribution in [3.63, 3.8) is 0 Å². The Morgan fingerprint density at radius 1 is 1.29 bits per heavy atom. The van der Waals surface area contributed by atoms with E-state index in [1.165, 1.54) is 0 Å². The Labute approximate surface area is 144 Å². The molecule has 4 heteroatoms. The average Bonchev–Trinajstić information content (AvgIpc) is 3.07. The number of amides is 1. The number of benzene rings is 1. The molecule has 0 bridgehead atoms. The minimum Gasteiger partial charge on any atom is -0.445 e. The molecule has 1 amide bonds. The fourth-order valence-electron chi connectivity index (χ4n) is 2.91. The van der Waals surface area contributed by atoms with E-state index in [9.17, 15) is 9.59 Å². The van der Waals surface area contributed by atoms with Gasteiger partial charge in [-0.2, -0.15) is 0 Å². The number of likely N-dealkylation sites (tertiary alicyclic amines) is 1. The molecule has 1 aromatic rings. The lowest BCUT2D eigenvalue weighted by molar-refractivity contribution is -0.114. The molecule has 0 aromatic heterocycles. The van der Waals surface area contributed by atoms with Gasteiger partial charge in [0.1, 0.15) is 6.61 Å². The summed E-state index contributed by atoms with van der Waals surface area (Å²) in [4.78, 5) is 25.7. The minimum absolute atomic E-state index is 0.142. The number of allylic oxidation sites excluding steroid dienone is 1. The van der Waals surface area contributed by atoms with Gasteiger partial charge in [-0.1, -0.05) is 49.8 Å². The van der Waals surface area contributed by atoms with Crippen molar-refractivity contribution in [2.24, 2.45) is 0 Å². The molecule has 0 aliphatic carbocycles. The zero-order valence-corrected chi connectivity index (χ0v) is 14.4. The van der Waals surface area contributed by atoms with Gasteiger partial charge in [-0.05, 0) is 37.3 Å². The van der Waals surface area contributed by atoms with Crippen molar-refractivity contribution in [2.45, 2.75) is 58.1 Å². The molecular formula is C20H27NO3. The molecule has 24 heavy (non-hydrogen) atoms. The zero-order valence-electron chi connectivity index (χ0n) is 14.4. The average molecular weight is 329 g/mol. The number of carbonyl (C=O) groups excluding carboxylic acids is 2. The maximum Gasteiger partial charge on any atom is 0.410 e. The second-order valence-electron chi connectivity index (χ2n) is 6.24.